The van der Waals surface area contributed by atoms with Crippen LogP contribution in [0.4, 0.5) is 0 Å². The molecule has 1 aromatic carbocycles. The van der Waals surface area contributed by atoms with E-state index in [1.54, 1.807) is 12.1 Å². The number of benzene rings is 1. The first-order chi connectivity index (χ1) is 14.7. The number of nitrogens with one attached hydrogen (secondary N) is 1. The van der Waals surface area contributed by atoms with E-state index < -0.39 is 12.2 Å². The van der Waals surface area contributed by atoms with E-state index in [0.717, 1.165) is 50.7 Å². The molecule has 2 fully saturated rings. The van der Waals surface area contributed by atoms with Crippen molar-refractivity contribution in [2.24, 2.45) is 0 Å². The minimum absolute atomic E-state index is 0.0617. The molecule has 0 aliphatic carbocycles. The summed E-state index contributed by atoms with van der Waals surface area (Å²) in [5.41, 5.74) is 1.45. The summed E-state index contributed by atoms with van der Waals surface area (Å²) in [6, 6.07) is 11.0. The van der Waals surface area contributed by atoms with Gasteiger partial charge < -0.3 is 24.4 Å². The Morgan fingerprint density at radius 1 is 1.20 bits per heavy atom. The fourth-order valence-corrected chi connectivity index (χ4v) is 3.91. The molecule has 1 amide bonds. The Labute approximate surface area is 176 Å². The maximum absolute atomic E-state index is 12.3. The Morgan fingerprint density at radius 3 is 2.80 bits per heavy atom. The van der Waals surface area contributed by atoms with Crippen LogP contribution in [0.1, 0.15) is 34.7 Å². The molecule has 30 heavy (non-hydrogen) atoms. The normalized spacial score (nSPS) is 25.2. The van der Waals surface area contributed by atoms with Gasteiger partial charge >= 0.3 is 0 Å². The van der Waals surface area contributed by atoms with Crippen LogP contribution < -0.4 is 5.32 Å². The second kappa shape index (κ2) is 10.2. The number of carbonyl (C=O) groups is 1. The number of aromatic nitrogens is 1. The highest BCUT2D eigenvalue weighted by Crippen LogP contribution is 2.23. The Hall–Kier alpha value is -2.26. The summed E-state index contributed by atoms with van der Waals surface area (Å²) in [6.45, 7) is 4.30. The zero-order chi connectivity index (χ0) is 20.8. The van der Waals surface area contributed by atoms with Gasteiger partial charge in [0.2, 0.25) is 0 Å². The minimum atomic E-state index is -0.591. The highest BCUT2D eigenvalue weighted by atomic mass is 16.5. The molecule has 162 valence electrons. The van der Waals surface area contributed by atoms with E-state index in [4.69, 9.17) is 14.0 Å². The van der Waals surface area contributed by atoms with Crippen LogP contribution in [-0.2, 0) is 22.4 Å². The lowest BCUT2D eigenvalue weighted by Crippen LogP contribution is -2.46. The second-order valence-corrected chi connectivity index (χ2v) is 7.89. The average molecular weight is 415 g/mol. The molecule has 2 saturated heterocycles. The number of morpholine rings is 1. The first-order valence-corrected chi connectivity index (χ1v) is 10.6. The number of ether oxygens (including phenoxy) is 2. The van der Waals surface area contributed by atoms with Crippen LogP contribution in [0.25, 0.3) is 0 Å². The molecule has 0 radical (unpaired) electrons. The SMILES string of the molecule is O=C(NCC1OC(Cc2cc(CN3CCOCC3)on2)CCC1O)c1ccccc1. The largest absolute Gasteiger partial charge is 0.390 e. The Balaban J connectivity index is 1.26. The van der Waals surface area contributed by atoms with Crippen molar-refractivity contribution in [3.8, 4) is 0 Å². The average Bonchev–Trinajstić information content (AvgIpc) is 3.21. The standard InChI is InChI=1S/C22H29N3O5/c26-20-7-6-18(29-21(20)14-23-22(27)16-4-2-1-3-5-16)12-17-13-19(30-24-17)15-25-8-10-28-11-9-25/h1-5,13,18,20-21,26H,6-12,14-15H2,(H,23,27). The van der Waals surface area contributed by atoms with Crippen LogP contribution in [0.15, 0.2) is 40.9 Å². The number of rotatable bonds is 7. The van der Waals surface area contributed by atoms with E-state index in [1.165, 1.54) is 0 Å². The molecule has 2 aliphatic rings. The molecule has 0 saturated carbocycles. The molecule has 8 heteroatoms. The Bertz CT molecular complexity index is 806. The number of aliphatic hydroxyl groups is 1. The molecule has 4 rings (SSSR count). The summed E-state index contributed by atoms with van der Waals surface area (Å²) in [5.74, 6) is 0.673. The summed E-state index contributed by atoms with van der Waals surface area (Å²) in [6.07, 6.45) is 0.920. The first-order valence-electron chi connectivity index (χ1n) is 10.6. The monoisotopic (exact) mass is 415 g/mol. The number of amides is 1. The van der Waals surface area contributed by atoms with Crippen LogP contribution in [0.5, 0.6) is 0 Å². The van der Waals surface area contributed by atoms with Crippen molar-refractivity contribution in [1.29, 1.82) is 0 Å². The van der Waals surface area contributed by atoms with Crippen molar-refractivity contribution < 1.29 is 23.9 Å². The van der Waals surface area contributed by atoms with Gasteiger partial charge in [0.05, 0.1) is 37.7 Å². The topological polar surface area (TPSA) is 97.1 Å². The van der Waals surface area contributed by atoms with Crippen LogP contribution in [0.3, 0.4) is 0 Å². The second-order valence-electron chi connectivity index (χ2n) is 7.89. The van der Waals surface area contributed by atoms with Gasteiger partial charge in [-0.05, 0) is 25.0 Å². The van der Waals surface area contributed by atoms with Gasteiger partial charge in [0, 0.05) is 37.7 Å². The number of aliphatic hydroxyl groups excluding tert-OH is 1. The molecule has 3 atom stereocenters. The first kappa shape index (κ1) is 21.0. The van der Waals surface area contributed by atoms with E-state index in [9.17, 15) is 9.90 Å². The molecule has 2 aliphatic heterocycles. The van der Waals surface area contributed by atoms with Gasteiger partial charge in [-0.2, -0.15) is 0 Å². The van der Waals surface area contributed by atoms with Crippen molar-refractivity contribution in [1.82, 2.24) is 15.4 Å². The molecule has 2 N–H and O–H groups in total. The summed E-state index contributed by atoms with van der Waals surface area (Å²) in [7, 11) is 0. The maximum Gasteiger partial charge on any atom is 0.251 e. The third-order valence-electron chi connectivity index (χ3n) is 5.61. The van der Waals surface area contributed by atoms with Crippen molar-refractivity contribution in [3.63, 3.8) is 0 Å². The zero-order valence-electron chi connectivity index (χ0n) is 17.0. The van der Waals surface area contributed by atoms with Gasteiger partial charge in [-0.3, -0.25) is 9.69 Å². The molecule has 2 aromatic rings. The summed E-state index contributed by atoms with van der Waals surface area (Å²) in [4.78, 5) is 14.5. The van der Waals surface area contributed by atoms with Crippen LogP contribution in [0.2, 0.25) is 0 Å². The zero-order valence-corrected chi connectivity index (χ0v) is 17.0. The lowest BCUT2D eigenvalue weighted by molar-refractivity contribution is -0.114. The van der Waals surface area contributed by atoms with Crippen LogP contribution in [0, 0.1) is 0 Å². The van der Waals surface area contributed by atoms with E-state index >= 15 is 0 Å². The van der Waals surface area contributed by atoms with E-state index in [0.29, 0.717) is 18.4 Å². The molecular weight excluding hydrogens is 386 g/mol. The highest BCUT2D eigenvalue weighted by Gasteiger charge is 2.31. The highest BCUT2D eigenvalue weighted by molar-refractivity contribution is 5.94. The maximum atomic E-state index is 12.3. The lowest BCUT2D eigenvalue weighted by atomic mass is 9.98. The molecular formula is C22H29N3O5. The number of carbonyl (C=O) groups excluding carboxylic acids is 1. The quantitative estimate of drug-likeness (QED) is 0.705. The van der Waals surface area contributed by atoms with Gasteiger partial charge in [-0.25, -0.2) is 0 Å². The van der Waals surface area contributed by atoms with Gasteiger partial charge in [0.1, 0.15) is 6.10 Å². The number of hydrogen-bond donors (Lipinski definition) is 2. The van der Waals surface area contributed by atoms with Gasteiger partial charge in [0.25, 0.3) is 5.91 Å². The smallest absolute Gasteiger partial charge is 0.251 e. The van der Waals surface area contributed by atoms with Crippen molar-refractivity contribution >= 4 is 5.91 Å². The number of hydrogen-bond acceptors (Lipinski definition) is 7. The van der Waals surface area contributed by atoms with E-state index in [-0.39, 0.29) is 18.6 Å². The molecule has 3 unspecified atom stereocenters. The third kappa shape index (κ3) is 5.66. The molecule has 0 spiro atoms. The van der Waals surface area contributed by atoms with Crippen LogP contribution >= 0.6 is 0 Å². The van der Waals surface area contributed by atoms with Crippen molar-refractivity contribution in [2.75, 3.05) is 32.8 Å². The lowest BCUT2D eigenvalue weighted by Gasteiger charge is -2.33. The summed E-state index contributed by atoms with van der Waals surface area (Å²) in [5, 5.41) is 17.3. The number of nitrogens with zero attached hydrogens (tertiary/aromatic N) is 2. The van der Waals surface area contributed by atoms with Gasteiger partial charge in [-0.15, -0.1) is 0 Å². The molecule has 0 bridgehead atoms. The van der Waals surface area contributed by atoms with Crippen LogP contribution in [-0.4, -0.2) is 72.2 Å². The third-order valence-corrected chi connectivity index (χ3v) is 5.61. The fourth-order valence-electron chi connectivity index (χ4n) is 3.91. The van der Waals surface area contributed by atoms with Gasteiger partial charge in [-0.1, -0.05) is 23.4 Å². The molecule has 8 nitrogen and oxygen atoms in total. The van der Waals surface area contributed by atoms with E-state index in [1.807, 2.05) is 24.3 Å². The molecule has 1 aromatic heterocycles. The minimum Gasteiger partial charge on any atom is -0.390 e. The predicted molar refractivity (Wildman–Crippen MR) is 109 cm³/mol. The predicted octanol–water partition coefficient (Wildman–Crippen LogP) is 1.39. The van der Waals surface area contributed by atoms with Gasteiger partial charge in [0.15, 0.2) is 5.76 Å². The Kier molecular flexibility index (Phi) is 7.11. The summed E-state index contributed by atoms with van der Waals surface area (Å²) >= 11 is 0. The Morgan fingerprint density at radius 2 is 2.00 bits per heavy atom. The fraction of sp³-hybridized carbons (Fsp3) is 0.545. The van der Waals surface area contributed by atoms with E-state index in [2.05, 4.69) is 15.4 Å². The summed E-state index contributed by atoms with van der Waals surface area (Å²) < 4.78 is 16.9. The van der Waals surface area contributed by atoms with Crippen molar-refractivity contribution in [3.05, 3.63) is 53.4 Å². The van der Waals surface area contributed by atoms with Crippen molar-refractivity contribution in [2.45, 2.75) is 44.1 Å². The molecule has 3 heterocycles.